The van der Waals surface area contributed by atoms with Crippen molar-refractivity contribution < 1.29 is 4.74 Å². The number of methoxy groups -OCH3 is 1. The maximum atomic E-state index is 9.35. The smallest absolute Gasteiger partial charge is 0.118 e. The first kappa shape index (κ1) is 14.7. The van der Waals surface area contributed by atoms with Gasteiger partial charge in [-0.15, -0.1) is 0 Å². The minimum atomic E-state index is -0.224. The molecule has 0 radical (unpaired) electrons. The molecule has 2 aromatic carbocycles. The van der Waals surface area contributed by atoms with Gasteiger partial charge in [-0.1, -0.05) is 41.4 Å². The van der Waals surface area contributed by atoms with Crippen LogP contribution in [-0.2, 0) is 6.42 Å². The SMILES string of the molecule is COc1ccc(C(C#N)Cc2ccc(Cl)c(Cl)c2)cc1. The average molecular weight is 306 g/mol. The Bertz CT molecular complexity index is 632. The molecule has 0 aromatic heterocycles. The molecule has 2 aromatic rings. The summed E-state index contributed by atoms with van der Waals surface area (Å²) in [5, 5.41) is 10.4. The van der Waals surface area contributed by atoms with E-state index >= 15 is 0 Å². The van der Waals surface area contributed by atoms with E-state index in [0.717, 1.165) is 16.9 Å². The van der Waals surface area contributed by atoms with E-state index in [1.807, 2.05) is 30.3 Å². The molecule has 0 saturated heterocycles. The maximum absolute atomic E-state index is 9.35. The Balaban J connectivity index is 2.19. The summed E-state index contributed by atoms with van der Waals surface area (Å²) < 4.78 is 5.11. The fourth-order valence-electron chi connectivity index (χ4n) is 1.98. The van der Waals surface area contributed by atoms with E-state index in [2.05, 4.69) is 6.07 Å². The molecule has 1 atom stereocenters. The van der Waals surface area contributed by atoms with Gasteiger partial charge in [-0.2, -0.15) is 5.26 Å². The van der Waals surface area contributed by atoms with E-state index in [9.17, 15) is 5.26 Å². The Labute approximate surface area is 128 Å². The molecule has 1 unspecified atom stereocenters. The van der Waals surface area contributed by atoms with E-state index in [-0.39, 0.29) is 5.92 Å². The average Bonchev–Trinajstić information content (AvgIpc) is 2.48. The van der Waals surface area contributed by atoms with Crippen molar-refractivity contribution in [2.24, 2.45) is 0 Å². The fourth-order valence-corrected chi connectivity index (χ4v) is 2.30. The second-order valence-electron chi connectivity index (χ2n) is 4.41. The van der Waals surface area contributed by atoms with Gasteiger partial charge in [0.15, 0.2) is 0 Å². The summed E-state index contributed by atoms with van der Waals surface area (Å²) >= 11 is 11.9. The molecular formula is C16H13Cl2NO. The van der Waals surface area contributed by atoms with Gasteiger partial charge in [0.1, 0.15) is 5.75 Å². The summed E-state index contributed by atoms with van der Waals surface area (Å²) in [6, 6.07) is 15.3. The van der Waals surface area contributed by atoms with Crippen molar-refractivity contribution in [3.63, 3.8) is 0 Å². The van der Waals surface area contributed by atoms with E-state index in [1.165, 1.54) is 0 Å². The van der Waals surface area contributed by atoms with Crippen molar-refractivity contribution >= 4 is 23.2 Å². The fraction of sp³-hybridized carbons (Fsp3) is 0.188. The van der Waals surface area contributed by atoms with Crippen molar-refractivity contribution in [2.45, 2.75) is 12.3 Å². The number of nitrogens with zero attached hydrogens (tertiary/aromatic N) is 1. The molecule has 0 fully saturated rings. The summed E-state index contributed by atoms with van der Waals surface area (Å²) in [5.41, 5.74) is 1.95. The van der Waals surface area contributed by atoms with Crippen molar-refractivity contribution in [2.75, 3.05) is 7.11 Å². The number of benzene rings is 2. The first-order chi connectivity index (χ1) is 9.63. The molecule has 102 valence electrons. The maximum Gasteiger partial charge on any atom is 0.118 e. The van der Waals surface area contributed by atoms with Gasteiger partial charge in [-0.3, -0.25) is 0 Å². The Hall–Kier alpha value is -1.69. The van der Waals surface area contributed by atoms with Crippen LogP contribution in [0.2, 0.25) is 10.0 Å². The number of hydrogen-bond donors (Lipinski definition) is 0. The standard InChI is InChI=1S/C16H13Cl2NO/c1-20-14-5-3-12(4-6-14)13(10-19)8-11-2-7-15(17)16(18)9-11/h2-7,9,13H,8H2,1H3. The zero-order valence-electron chi connectivity index (χ0n) is 10.9. The van der Waals surface area contributed by atoms with Crippen molar-refractivity contribution in [3.8, 4) is 11.8 Å². The molecule has 0 aliphatic heterocycles. The largest absolute Gasteiger partial charge is 0.497 e. The molecule has 0 spiro atoms. The lowest BCUT2D eigenvalue weighted by molar-refractivity contribution is 0.414. The van der Waals surface area contributed by atoms with Crippen LogP contribution in [0.4, 0.5) is 0 Å². The molecule has 2 nitrogen and oxygen atoms in total. The Morgan fingerprint density at radius 2 is 1.80 bits per heavy atom. The minimum Gasteiger partial charge on any atom is -0.497 e. The van der Waals surface area contributed by atoms with E-state index < -0.39 is 0 Å². The Morgan fingerprint density at radius 1 is 1.10 bits per heavy atom. The summed E-state index contributed by atoms with van der Waals surface area (Å²) in [7, 11) is 1.62. The molecule has 0 amide bonds. The van der Waals surface area contributed by atoms with Crippen LogP contribution in [0.5, 0.6) is 5.75 Å². The molecule has 0 saturated carbocycles. The molecule has 0 aliphatic carbocycles. The lowest BCUT2D eigenvalue weighted by atomic mass is 9.93. The number of rotatable bonds is 4. The molecule has 20 heavy (non-hydrogen) atoms. The van der Waals surface area contributed by atoms with Crippen LogP contribution in [0, 0.1) is 11.3 Å². The van der Waals surface area contributed by atoms with Crippen LogP contribution < -0.4 is 4.74 Å². The van der Waals surface area contributed by atoms with Gasteiger partial charge in [0.25, 0.3) is 0 Å². The second kappa shape index (κ2) is 6.65. The van der Waals surface area contributed by atoms with Gasteiger partial charge in [0.05, 0.1) is 29.1 Å². The summed E-state index contributed by atoms with van der Waals surface area (Å²) in [6.07, 6.45) is 0.597. The zero-order chi connectivity index (χ0) is 14.5. The first-order valence-corrected chi connectivity index (χ1v) is 6.87. The van der Waals surface area contributed by atoms with E-state index in [0.29, 0.717) is 16.5 Å². The highest BCUT2D eigenvalue weighted by Gasteiger charge is 2.12. The zero-order valence-corrected chi connectivity index (χ0v) is 12.4. The highest BCUT2D eigenvalue weighted by atomic mass is 35.5. The first-order valence-electron chi connectivity index (χ1n) is 6.11. The van der Waals surface area contributed by atoms with Gasteiger partial charge >= 0.3 is 0 Å². The van der Waals surface area contributed by atoms with Crippen molar-refractivity contribution in [3.05, 3.63) is 63.6 Å². The summed E-state index contributed by atoms with van der Waals surface area (Å²) in [6.45, 7) is 0. The third kappa shape index (κ3) is 3.45. The number of halogens is 2. The van der Waals surface area contributed by atoms with Gasteiger partial charge in [0, 0.05) is 0 Å². The lowest BCUT2D eigenvalue weighted by Crippen LogP contribution is -2.00. The van der Waals surface area contributed by atoms with Crippen LogP contribution in [0.25, 0.3) is 0 Å². The third-order valence-corrected chi connectivity index (χ3v) is 3.84. The van der Waals surface area contributed by atoms with Crippen LogP contribution in [0.3, 0.4) is 0 Å². The lowest BCUT2D eigenvalue weighted by Gasteiger charge is -2.11. The number of nitriles is 1. The summed E-state index contributed by atoms with van der Waals surface area (Å²) in [5.74, 6) is 0.554. The molecule has 0 heterocycles. The van der Waals surface area contributed by atoms with Crippen LogP contribution in [0.1, 0.15) is 17.0 Å². The molecule has 2 rings (SSSR count). The van der Waals surface area contributed by atoms with Crippen LogP contribution in [0.15, 0.2) is 42.5 Å². The topological polar surface area (TPSA) is 33.0 Å². The molecule has 0 N–H and O–H groups in total. The normalized spacial score (nSPS) is 11.7. The second-order valence-corrected chi connectivity index (χ2v) is 5.22. The number of ether oxygens (including phenoxy) is 1. The van der Waals surface area contributed by atoms with E-state index in [4.69, 9.17) is 27.9 Å². The van der Waals surface area contributed by atoms with Crippen molar-refractivity contribution in [1.29, 1.82) is 5.26 Å². The van der Waals surface area contributed by atoms with Crippen LogP contribution in [-0.4, -0.2) is 7.11 Å². The van der Waals surface area contributed by atoms with Gasteiger partial charge in [0.2, 0.25) is 0 Å². The predicted molar refractivity (Wildman–Crippen MR) is 81.5 cm³/mol. The quantitative estimate of drug-likeness (QED) is 0.808. The highest BCUT2D eigenvalue weighted by molar-refractivity contribution is 6.42. The molecule has 0 bridgehead atoms. The minimum absolute atomic E-state index is 0.224. The number of hydrogen-bond acceptors (Lipinski definition) is 2. The third-order valence-electron chi connectivity index (χ3n) is 3.10. The molecule has 4 heteroatoms. The van der Waals surface area contributed by atoms with Crippen LogP contribution >= 0.6 is 23.2 Å². The van der Waals surface area contributed by atoms with Gasteiger partial charge < -0.3 is 4.74 Å². The van der Waals surface area contributed by atoms with Gasteiger partial charge in [-0.25, -0.2) is 0 Å². The predicted octanol–water partition coefficient (Wildman–Crippen LogP) is 4.85. The Morgan fingerprint density at radius 3 is 2.35 bits per heavy atom. The highest BCUT2D eigenvalue weighted by Crippen LogP contribution is 2.27. The summed E-state index contributed by atoms with van der Waals surface area (Å²) in [4.78, 5) is 0. The molecule has 0 aliphatic rings. The van der Waals surface area contributed by atoms with Crippen molar-refractivity contribution in [1.82, 2.24) is 0 Å². The monoisotopic (exact) mass is 305 g/mol. The Kier molecular flexibility index (Phi) is 4.89. The van der Waals surface area contributed by atoms with E-state index in [1.54, 1.807) is 19.2 Å². The van der Waals surface area contributed by atoms with Gasteiger partial charge in [-0.05, 0) is 41.8 Å². The molecular weight excluding hydrogens is 293 g/mol.